The van der Waals surface area contributed by atoms with Crippen LogP contribution in [0.4, 0.5) is 0 Å². The zero-order valence-electron chi connectivity index (χ0n) is 13.8. The number of aryl methyl sites for hydroxylation is 1. The molecule has 0 atom stereocenters. The molecule has 0 spiro atoms. The molecule has 2 aromatic carbocycles. The average Bonchev–Trinajstić information content (AvgIpc) is 3.06. The van der Waals surface area contributed by atoms with Crippen molar-refractivity contribution in [3.63, 3.8) is 0 Å². The molecule has 0 aliphatic carbocycles. The number of carbonyl (C=O) groups is 1. The number of nitrogens with zero attached hydrogens (tertiary/aromatic N) is 1. The van der Waals surface area contributed by atoms with E-state index in [-0.39, 0.29) is 5.91 Å². The molecule has 1 aromatic heterocycles. The molecular weight excluding hydrogens is 336 g/mol. The molecule has 0 bridgehead atoms. The van der Waals surface area contributed by atoms with Crippen LogP contribution in [0.3, 0.4) is 0 Å². The SMILES string of the molecule is Cc1cc(CSc2ccccc2C(=O)NOCc2ccccc2)on1. The van der Waals surface area contributed by atoms with Crippen molar-refractivity contribution in [2.75, 3.05) is 0 Å². The van der Waals surface area contributed by atoms with Crippen molar-refractivity contribution in [2.24, 2.45) is 0 Å². The summed E-state index contributed by atoms with van der Waals surface area (Å²) in [6.45, 7) is 2.20. The second kappa shape index (κ2) is 8.50. The summed E-state index contributed by atoms with van der Waals surface area (Å²) in [5.74, 6) is 1.11. The molecule has 0 fully saturated rings. The molecule has 5 nitrogen and oxygen atoms in total. The molecule has 3 aromatic rings. The molecule has 0 aliphatic heterocycles. The van der Waals surface area contributed by atoms with Crippen molar-refractivity contribution in [1.29, 1.82) is 0 Å². The largest absolute Gasteiger partial charge is 0.360 e. The Balaban J connectivity index is 1.58. The summed E-state index contributed by atoms with van der Waals surface area (Å²) in [5.41, 5.74) is 4.90. The minimum absolute atomic E-state index is 0.271. The van der Waals surface area contributed by atoms with E-state index in [9.17, 15) is 4.79 Å². The number of amides is 1. The molecule has 3 rings (SSSR count). The van der Waals surface area contributed by atoms with Gasteiger partial charge in [0.1, 0.15) is 5.76 Å². The number of thioether (sulfide) groups is 1. The van der Waals surface area contributed by atoms with Crippen LogP contribution in [0.15, 0.2) is 70.1 Å². The number of nitrogens with one attached hydrogen (secondary N) is 1. The molecular formula is C19H18N2O3S. The van der Waals surface area contributed by atoms with Crippen LogP contribution < -0.4 is 5.48 Å². The Kier molecular flexibility index (Phi) is 5.87. The number of benzene rings is 2. The molecule has 128 valence electrons. The lowest BCUT2D eigenvalue weighted by atomic mass is 10.2. The number of hydroxylamine groups is 1. The minimum atomic E-state index is -0.271. The first-order chi connectivity index (χ1) is 12.2. The van der Waals surface area contributed by atoms with Gasteiger partial charge in [-0.1, -0.05) is 47.6 Å². The molecule has 1 N–H and O–H groups in total. The fraction of sp³-hybridized carbons (Fsp3) is 0.158. The van der Waals surface area contributed by atoms with E-state index in [1.807, 2.05) is 61.5 Å². The van der Waals surface area contributed by atoms with Gasteiger partial charge in [-0.2, -0.15) is 0 Å². The average molecular weight is 354 g/mol. The van der Waals surface area contributed by atoms with Gasteiger partial charge in [0.15, 0.2) is 0 Å². The Morgan fingerprint density at radius 2 is 1.92 bits per heavy atom. The van der Waals surface area contributed by atoms with Crippen molar-refractivity contribution in [3.05, 3.63) is 83.2 Å². The van der Waals surface area contributed by atoms with Crippen LogP contribution in [-0.4, -0.2) is 11.1 Å². The fourth-order valence-corrected chi connectivity index (χ4v) is 3.15. The summed E-state index contributed by atoms with van der Waals surface area (Å²) in [7, 11) is 0. The number of hydrogen-bond donors (Lipinski definition) is 1. The van der Waals surface area contributed by atoms with Gasteiger partial charge in [-0.05, 0) is 24.6 Å². The smallest absolute Gasteiger partial charge is 0.275 e. The summed E-state index contributed by atoms with van der Waals surface area (Å²) in [6.07, 6.45) is 0. The Labute approximate surface area is 150 Å². The van der Waals surface area contributed by atoms with Gasteiger partial charge in [-0.15, -0.1) is 11.8 Å². The van der Waals surface area contributed by atoms with Crippen LogP contribution in [0.5, 0.6) is 0 Å². The van der Waals surface area contributed by atoms with Gasteiger partial charge >= 0.3 is 0 Å². The summed E-state index contributed by atoms with van der Waals surface area (Å²) in [6, 6.07) is 19.0. The Hall–Kier alpha value is -2.57. The molecule has 0 radical (unpaired) electrons. The van der Waals surface area contributed by atoms with Crippen molar-refractivity contribution in [1.82, 2.24) is 10.6 Å². The Morgan fingerprint density at radius 3 is 2.68 bits per heavy atom. The van der Waals surface area contributed by atoms with Crippen LogP contribution in [0.2, 0.25) is 0 Å². The standard InChI is InChI=1S/C19H18N2O3S/c1-14-11-16(24-20-14)13-25-18-10-6-5-9-17(18)19(22)21-23-12-15-7-3-2-4-8-15/h2-11H,12-13H2,1H3,(H,21,22). The van der Waals surface area contributed by atoms with Crippen molar-refractivity contribution in [2.45, 2.75) is 24.2 Å². The van der Waals surface area contributed by atoms with Gasteiger partial charge in [0.05, 0.1) is 23.6 Å². The van der Waals surface area contributed by atoms with E-state index in [0.717, 1.165) is 21.9 Å². The molecule has 0 aliphatic rings. The van der Waals surface area contributed by atoms with Crippen LogP contribution in [0, 0.1) is 6.92 Å². The topological polar surface area (TPSA) is 64.4 Å². The van der Waals surface area contributed by atoms with Crippen LogP contribution in [-0.2, 0) is 17.2 Å². The summed E-state index contributed by atoms with van der Waals surface area (Å²) >= 11 is 1.52. The highest BCUT2D eigenvalue weighted by Crippen LogP contribution is 2.26. The second-order valence-corrected chi connectivity index (χ2v) is 6.44. The van der Waals surface area contributed by atoms with Gasteiger partial charge in [-0.25, -0.2) is 5.48 Å². The lowest BCUT2D eigenvalue weighted by Gasteiger charge is -2.09. The first-order valence-corrected chi connectivity index (χ1v) is 8.81. The maximum absolute atomic E-state index is 12.4. The quantitative estimate of drug-likeness (QED) is 0.510. The number of rotatable bonds is 7. The van der Waals surface area contributed by atoms with E-state index in [2.05, 4.69) is 10.6 Å². The van der Waals surface area contributed by atoms with E-state index in [4.69, 9.17) is 9.36 Å². The zero-order chi connectivity index (χ0) is 17.5. The number of hydrogen-bond acceptors (Lipinski definition) is 5. The van der Waals surface area contributed by atoms with Crippen molar-refractivity contribution in [3.8, 4) is 0 Å². The lowest BCUT2D eigenvalue weighted by molar-refractivity contribution is 0.0231. The third-order valence-electron chi connectivity index (χ3n) is 3.42. The third-order valence-corrected chi connectivity index (χ3v) is 4.52. The highest BCUT2D eigenvalue weighted by molar-refractivity contribution is 7.98. The lowest BCUT2D eigenvalue weighted by Crippen LogP contribution is -2.24. The van der Waals surface area contributed by atoms with Gasteiger partial charge in [0, 0.05) is 11.0 Å². The number of aromatic nitrogens is 1. The van der Waals surface area contributed by atoms with E-state index >= 15 is 0 Å². The first-order valence-electron chi connectivity index (χ1n) is 7.82. The Morgan fingerprint density at radius 1 is 1.16 bits per heavy atom. The van der Waals surface area contributed by atoms with Gasteiger partial charge in [0.2, 0.25) is 0 Å². The van der Waals surface area contributed by atoms with E-state index < -0.39 is 0 Å². The van der Waals surface area contributed by atoms with Gasteiger partial charge < -0.3 is 4.52 Å². The van der Waals surface area contributed by atoms with E-state index in [0.29, 0.717) is 17.9 Å². The fourth-order valence-electron chi connectivity index (χ4n) is 2.23. The Bertz CT molecular complexity index is 833. The summed E-state index contributed by atoms with van der Waals surface area (Å²) < 4.78 is 5.20. The van der Waals surface area contributed by atoms with Crippen molar-refractivity contribution >= 4 is 17.7 Å². The second-order valence-electron chi connectivity index (χ2n) is 5.42. The summed E-state index contributed by atoms with van der Waals surface area (Å²) in [5, 5.41) is 3.87. The van der Waals surface area contributed by atoms with Gasteiger partial charge in [-0.3, -0.25) is 9.63 Å². The monoisotopic (exact) mass is 354 g/mol. The van der Waals surface area contributed by atoms with Crippen LogP contribution in [0.1, 0.15) is 27.4 Å². The zero-order valence-corrected chi connectivity index (χ0v) is 14.6. The van der Waals surface area contributed by atoms with E-state index in [1.165, 1.54) is 11.8 Å². The molecule has 1 amide bonds. The third kappa shape index (κ3) is 4.95. The van der Waals surface area contributed by atoms with Crippen LogP contribution >= 0.6 is 11.8 Å². The van der Waals surface area contributed by atoms with Crippen LogP contribution in [0.25, 0.3) is 0 Å². The molecule has 0 saturated heterocycles. The van der Waals surface area contributed by atoms with E-state index in [1.54, 1.807) is 6.07 Å². The highest BCUT2D eigenvalue weighted by Gasteiger charge is 2.12. The summed E-state index contributed by atoms with van der Waals surface area (Å²) in [4.78, 5) is 18.6. The maximum atomic E-state index is 12.4. The molecule has 0 unspecified atom stereocenters. The normalized spacial score (nSPS) is 10.6. The predicted molar refractivity (Wildman–Crippen MR) is 95.9 cm³/mol. The predicted octanol–water partition coefficient (Wildman–Crippen LogP) is 4.14. The minimum Gasteiger partial charge on any atom is -0.360 e. The molecule has 1 heterocycles. The number of carbonyl (C=O) groups excluding carboxylic acids is 1. The molecule has 0 saturated carbocycles. The first kappa shape index (κ1) is 17.3. The van der Waals surface area contributed by atoms with Gasteiger partial charge in [0.25, 0.3) is 5.91 Å². The maximum Gasteiger partial charge on any atom is 0.275 e. The molecule has 6 heteroatoms. The van der Waals surface area contributed by atoms with Crippen molar-refractivity contribution < 1.29 is 14.2 Å². The molecule has 25 heavy (non-hydrogen) atoms. The highest BCUT2D eigenvalue weighted by atomic mass is 32.2.